The van der Waals surface area contributed by atoms with Gasteiger partial charge in [-0.2, -0.15) is 4.39 Å². The molecular formula is C22H20ClF2N9O3. The number of hydrogen-bond donors (Lipinski definition) is 2. The Kier molecular flexibility index (Phi) is 8.68. The summed E-state index contributed by atoms with van der Waals surface area (Å²) in [6, 6.07) is 0.882. The lowest BCUT2D eigenvalue weighted by Gasteiger charge is -2.14. The molecule has 0 aliphatic carbocycles. The molecular weight excluding hydrogens is 512 g/mol. The van der Waals surface area contributed by atoms with Crippen LogP contribution in [-0.4, -0.2) is 48.7 Å². The van der Waals surface area contributed by atoms with E-state index in [1.807, 2.05) is 0 Å². The van der Waals surface area contributed by atoms with E-state index in [1.165, 1.54) is 43.2 Å². The van der Waals surface area contributed by atoms with Crippen LogP contribution in [-0.2, 0) is 16.6 Å². The van der Waals surface area contributed by atoms with E-state index in [-0.39, 0.29) is 33.7 Å². The third-order valence-electron chi connectivity index (χ3n) is 4.70. The number of ether oxygens (including phenoxy) is 1. The largest absolute Gasteiger partial charge is 0.441 e. The first-order valence-corrected chi connectivity index (χ1v) is 10.8. The van der Waals surface area contributed by atoms with Crippen molar-refractivity contribution >= 4 is 41.8 Å². The highest BCUT2D eigenvalue weighted by atomic mass is 35.5. The highest BCUT2D eigenvalue weighted by Crippen LogP contribution is 2.24. The number of nitrogens with zero attached hydrogens (tertiary/aromatic N) is 7. The number of aromatic nitrogens is 6. The van der Waals surface area contributed by atoms with Crippen LogP contribution in [0.2, 0.25) is 0 Å². The zero-order valence-corrected chi connectivity index (χ0v) is 20.5. The number of anilines is 2. The van der Waals surface area contributed by atoms with Gasteiger partial charge in [0.1, 0.15) is 17.1 Å². The van der Waals surface area contributed by atoms with E-state index in [9.17, 15) is 18.4 Å². The molecule has 0 aliphatic heterocycles. The van der Waals surface area contributed by atoms with Gasteiger partial charge in [-0.1, -0.05) is 22.9 Å². The number of rotatable bonds is 8. The van der Waals surface area contributed by atoms with E-state index in [0.717, 1.165) is 6.07 Å². The van der Waals surface area contributed by atoms with Crippen LogP contribution in [0.5, 0.6) is 0 Å². The van der Waals surface area contributed by atoms with Crippen LogP contribution in [0.15, 0.2) is 52.5 Å². The molecule has 192 valence electrons. The fraction of sp³-hybridized carbons (Fsp3) is 0.182. The summed E-state index contributed by atoms with van der Waals surface area (Å²) in [5.74, 6) is -2.02. The van der Waals surface area contributed by atoms with E-state index in [0.29, 0.717) is 11.8 Å². The lowest BCUT2D eigenvalue weighted by Crippen LogP contribution is -2.19. The standard InChI is InChI=1S/C22H20ClF2N9O3/c1-11(5-6-16(23)26-3)21(35)30-14-9-28-19(29-10-14)17-20(34(4)33-32-17)31-22(36)37-12(2)15-7-13(24)8-27-18(15)25/h5-10,12H,3H2,1-2,4H3,(H,30,35)(H,31,36)/b11-5+,16-6-/t12-/m1/s1. The summed E-state index contributed by atoms with van der Waals surface area (Å²) in [7, 11) is 1.50. The van der Waals surface area contributed by atoms with E-state index < -0.39 is 29.9 Å². The predicted molar refractivity (Wildman–Crippen MR) is 131 cm³/mol. The maximum atomic E-state index is 13.9. The second-order valence-electron chi connectivity index (χ2n) is 7.36. The fourth-order valence-corrected chi connectivity index (χ4v) is 2.85. The van der Waals surface area contributed by atoms with Crippen molar-refractivity contribution < 1.29 is 23.1 Å². The molecule has 0 spiro atoms. The van der Waals surface area contributed by atoms with Gasteiger partial charge in [0.2, 0.25) is 5.95 Å². The zero-order valence-electron chi connectivity index (χ0n) is 19.7. The van der Waals surface area contributed by atoms with E-state index >= 15 is 0 Å². The SMILES string of the molecule is C=N/C(Cl)=C\C=C(/C)C(=O)Nc1cnc(-c2nnn(C)c2NC(=O)O[C@H](C)c2cc(F)cnc2F)nc1. The number of carbonyl (C=O) groups is 2. The quantitative estimate of drug-likeness (QED) is 0.146. The van der Waals surface area contributed by atoms with Crippen LogP contribution in [0.25, 0.3) is 11.5 Å². The Morgan fingerprint density at radius 3 is 2.57 bits per heavy atom. The molecule has 3 heterocycles. The molecule has 12 nitrogen and oxygen atoms in total. The lowest BCUT2D eigenvalue weighted by atomic mass is 10.2. The number of aliphatic imine (C=N–C) groups is 1. The first-order chi connectivity index (χ1) is 17.6. The van der Waals surface area contributed by atoms with Crippen molar-refractivity contribution in [2.24, 2.45) is 12.0 Å². The van der Waals surface area contributed by atoms with Crippen molar-refractivity contribution in [3.05, 3.63) is 64.9 Å². The first-order valence-electron chi connectivity index (χ1n) is 10.4. The molecule has 2 amide bonds. The summed E-state index contributed by atoms with van der Waals surface area (Å²) in [6.07, 6.45) is 4.13. The summed E-state index contributed by atoms with van der Waals surface area (Å²) in [5, 5.41) is 13.0. The fourth-order valence-electron chi connectivity index (χ4n) is 2.79. The van der Waals surface area contributed by atoms with Gasteiger partial charge < -0.3 is 10.1 Å². The Morgan fingerprint density at radius 2 is 1.89 bits per heavy atom. The molecule has 3 aromatic rings. The van der Waals surface area contributed by atoms with Crippen molar-refractivity contribution in [2.75, 3.05) is 10.6 Å². The lowest BCUT2D eigenvalue weighted by molar-refractivity contribution is -0.112. The van der Waals surface area contributed by atoms with Crippen LogP contribution in [0.4, 0.5) is 25.1 Å². The summed E-state index contributed by atoms with van der Waals surface area (Å²) in [5.41, 5.74) is 0.487. The van der Waals surface area contributed by atoms with Crippen LogP contribution in [0.1, 0.15) is 25.5 Å². The molecule has 3 aromatic heterocycles. The first kappa shape index (κ1) is 27.0. The number of pyridine rings is 1. The second-order valence-corrected chi connectivity index (χ2v) is 7.75. The molecule has 3 rings (SSSR count). The van der Waals surface area contributed by atoms with Crippen molar-refractivity contribution in [2.45, 2.75) is 20.0 Å². The maximum absolute atomic E-state index is 13.9. The van der Waals surface area contributed by atoms with Crippen LogP contribution < -0.4 is 10.6 Å². The van der Waals surface area contributed by atoms with Crippen LogP contribution in [0, 0.1) is 11.8 Å². The number of allylic oxidation sites excluding steroid dienone is 2. The molecule has 0 fully saturated rings. The van der Waals surface area contributed by atoms with Gasteiger partial charge >= 0.3 is 6.09 Å². The van der Waals surface area contributed by atoms with E-state index in [1.54, 1.807) is 6.92 Å². The van der Waals surface area contributed by atoms with Crippen molar-refractivity contribution in [1.82, 2.24) is 29.9 Å². The number of hydrogen-bond acceptors (Lipinski definition) is 9. The number of halogens is 3. The van der Waals surface area contributed by atoms with Crippen molar-refractivity contribution in [1.29, 1.82) is 0 Å². The third kappa shape index (κ3) is 6.98. The Hall–Kier alpha value is -4.59. The van der Waals surface area contributed by atoms with Crippen LogP contribution in [0.3, 0.4) is 0 Å². The van der Waals surface area contributed by atoms with Gasteiger partial charge in [0.25, 0.3) is 5.91 Å². The minimum absolute atomic E-state index is 0.0742. The van der Waals surface area contributed by atoms with Gasteiger partial charge in [0, 0.05) is 12.6 Å². The van der Waals surface area contributed by atoms with Crippen molar-refractivity contribution in [3.63, 3.8) is 0 Å². The zero-order chi connectivity index (χ0) is 27.1. The minimum atomic E-state index is -1.15. The highest BCUT2D eigenvalue weighted by molar-refractivity contribution is 6.29. The highest BCUT2D eigenvalue weighted by Gasteiger charge is 2.22. The summed E-state index contributed by atoms with van der Waals surface area (Å²) >= 11 is 5.72. The van der Waals surface area contributed by atoms with Gasteiger partial charge in [-0.15, -0.1) is 5.10 Å². The summed E-state index contributed by atoms with van der Waals surface area (Å²) < 4.78 is 33.6. The molecule has 0 saturated carbocycles. The van der Waals surface area contributed by atoms with Crippen LogP contribution >= 0.6 is 11.6 Å². The number of carbonyl (C=O) groups excluding carboxylic acids is 2. The van der Waals surface area contributed by atoms with Crippen molar-refractivity contribution in [3.8, 4) is 11.5 Å². The van der Waals surface area contributed by atoms with Gasteiger partial charge in [0.05, 0.1) is 29.8 Å². The smallest absolute Gasteiger partial charge is 0.413 e. The van der Waals surface area contributed by atoms with E-state index in [2.05, 4.69) is 47.6 Å². The Bertz CT molecular complexity index is 1390. The topological polar surface area (TPSA) is 149 Å². The molecule has 0 unspecified atom stereocenters. The third-order valence-corrected chi connectivity index (χ3v) is 4.95. The molecule has 37 heavy (non-hydrogen) atoms. The summed E-state index contributed by atoms with van der Waals surface area (Å²) in [6.45, 7) is 6.20. The molecule has 2 N–H and O–H groups in total. The van der Waals surface area contributed by atoms with Gasteiger partial charge in [-0.3, -0.25) is 15.1 Å². The monoisotopic (exact) mass is 531 g/mol. The minimum Gasteiger partial charge on any atom is -0.441 e. The average molecular weight is 532 g/mol. The molecule has 1 atom stereocenters. The maximum Gasteiger partial charge on any atom is 0.413 e. The molecule has 0 saturated heterocycles. The van der Waals surface area contributed by atoms with Gasteiger partial charge in [-0.25, -0.2) is 28.8 Å². The Balaban J connectivity index is 1.70. The second kappa shape index (κ2) is 11.9. The Labute approximate surface area is 214 Å². The number of nitrogens with one attached hydrogen (secondary N) is 2. The molecule has 0 radical (unpaired) electrons. The van der Waals surface area contributed by atoms with Gasteiger partial charge in [-0.05, 0) is 32.7 Å². The predicted octanol–water partition coefficient (Wildman–Crippen LogP) is 3.92. The average Bonchev–Trinajstić information content (AvgIpc) is 3.23. The normalized spacial score (nSPS) is 12.6. The van der Waals surface area contributed by atoms with E-state index in [4.69, 9.17) is 16.3 Å². The Morgan fingerprint density at radius 1 is 1.19 bits per heavy atom. The molecule has 0 aliphatic rings. The number of amides is 2. The van der Waals surface area contributed by atoms with Gasteiger partial charge in [0.15, 0.2) is 17.3 Å². The number of aryl methyl sites for hydroxylation is 1. The molecule has 0 bridgehead atoms. The summed E-state index contributed by atoms with van der Waals surface area (Å²) in [4.78, 5) is 39.8. The molecule has 15 heteroatoms. The molecule has 0 aromatic carbocycles.